The maximum Gasteiger partial charge on any atom is 0.125 e. The van der Waals surface area contributed by atoms with Crippen LogP contribution in [0.2, 0.25) is 0 Å². The SMILES string of the molecule is O[C@]1(c2cccs2)C[C@H](N2CCCC2)CCc2ccccc21. The average Bonchev–Trinajstić information content (AvgIpc) is 3.23. The third-order valence-corrected chi connectivity index (χ3v) is 6.35. The van der Waals surface area contributed by atoms with Gasteiger partial charge in [-0.2, -0.15) is 0 Å². The van der Waals surface area contributed by atoms with Gasteiger partial charge in [0.1, 0.15) is 5.60 Å². The second-order valence-electron chi connectivity index (χ2n) is 6.63. The van der Waals surface area contributed by atoms with Crippen molar-refractivity contribution in [1.82, 2.24) is 4.90 Å². The van der Waals surface area contributed by atoms with Gasteiger partial charge in [-0.3, -0.25) is 0 Å². The van der Waals surface area contributed by atoms with Crippen LogP contribution in [-0.2, 0) is 12.0 Å². The number of aliphatic hydroxyl groups is 1. The van der Waals surface area contributed by atoms with E-state index in [1.54, 1.807) is 11.3 Å². The molecule has 0 bridgehead atoms. The Morgan fingerprint density at radius 2 is 1.91 bits per heavy atom. The fourth-order valence-electron chi connectivity index (χ4n) is 4.18. The zero-order valence-corrected chi connectivity index (χ0v) is 13.7. The van der Waals surface area contributed by atoms with E-state index in [0.717, 1.165) is 29.7 Å². The van der Waals surface area contributed by atoms with Gasteiger partial charge in [-0.1, -0.05) is 30.3 Å². The molecule has 116 valence electrons. The predicted molar refractivity (Wildman–Crippen MR) is 91.3 cm³/mol. The maximum atomic E-state index is 11.7. The highest BCUT2D eigenvalue weighted by Gasteiger charge is 2.40. The molecule has 0 amide bonds. The van der Waals surface area contributed by atoms with E-state index in [1.165, 1.54) is 31.5 Å². The molecule has 1 fully saturated rings. The van der Waals surface area contributed by atoms with E-state index in [0.29, 0.717) is 6.04 Å². The van der Waals surface area contributed by atoms with E-state index in [9.17, 15) is 5.11 Å². The summed E-state index contributed by atoms with van der Waals surface area (Å²) in [5, 5.41) is 13.8. The summed E-state index contributed by atoms with van der Waals surface area (Å²) in [6.45, 7) is 2.39. The Labute approximate surface area is 136 Å². The number of fused-ring (bicyclic) bond motifs is 1. The number of nitrogens with zero attached hydrogens (tertiary/aromatic N) is 1. The van der Waals surface area contributed by atoms with Crippen molar-refractivity contribution in [3.63, 3.8) is 0 Å². The first-order valence-electron chi connectivity index (χ1n) is 8.36. The molecule has 22 heavy (non-hydrogen) atoms. The highest BCUT2D eigenvalue weighted by molar-refractivity contribution is 7.10. The molecule has 3 heteroatoms. The molecule has 1 aromatic carbocycles. The third-order valence-electron chi connectivity index (χ3n) is 5.33. The molecule has 0 unspecified atom stereocenters. The van der Waals surface area contributed by atoms with E-state index < -0.39 is 5.60 Å². The summed E-state index contributed by atoms with van der Waals surface area (Å²) in [6, 6.07) is 13.1. The van der Waals surface area contributed by atoms with Crippen LogP contribution in [0.15, 0.2) is 41.8 Å². The summed E-state index contributed by atoms with van der Waals surface area (Å²) in [4.78, 5) is 3.69. The lowest BCUT2D eigenvalue weighted by Crippen LogP contribution is -2.39. The number of thiophene rings is 1. The molecule has 4 rings (SSSR count). The number of hydrogen-bond donors (Lipinski definition) is 1. The van der Waals surface area contributed by atoms with Crippen LogP contribution in [0.3, 0.4) is 0 Å². The van der Waals surface area contributed by atoms with Crippen molar-refractivity contribution in [3.8, 4) is 0 Å². The molecule has 2 aliphatic rings. The van der Waals surface area contributed by atoms with Gasteiger partial charge in [0.05, 0.1) is 0 Å². The van der Waals surface area contributed by atoms with Gasteiger partial charge in [0.2, 0.25) is 0 Å². The van der Waals surface area contributed by atoms with Crippen LogP contribution < -0.4 is 0 Å². The van der Waals surface area contributed by atoms with Crippen molar-refractivity contribution in [2.45, 2.75) is 43.7 Å². The third kappa shape index (κ3) is 2.41. The molecule has 1 saturated heterocycles. The van der Waals surface area contributed by atoms with E-state index >= 15 is 0 Å². The van der Waals surface area contributed by atoms with Crippen molar-refractivity contribution in [1.29, 1.82) is 0 Å². The zero-order chi connectivity index (χ0) is 15.0. The molecule has 2 atom stereocenters. The maximum absolute atomic E-state index is 11.7. The Balaban J connectivity index is 1.77. The van der Waals surface area contributed by atoms with Crippen LogP contribution in [0.25, 0.3) is 0 Å². The topological polar surface area (TPSA) is 23.5 Å². The second-order valence-corrected chi connectivity index (χ2v) is 7.58. The molecule has 0 radical (unpaired) electrons. The highest BCUT2D eigenvalue weighted by Crippen LogP contribution is 2.42. The quantitative estimate of drug-likeness (QED) is 0.853. The van der Waals surface area contributed by atoms with Crippen LogP contribution in [-0.4, -0.2) is 29.1 Å². The first-order valence-corrected chi connectivity index (χ1v) is 9.24. The van der Waals surface area contributed by atoms with Gasteiger partial charge in [-0.05, 0) is 61.3 Å². The zero-order valence-electron chi connectivity index (χ0n) is 12.9. The fraction of sp³-hybridized carbons (Fsp3) is 0.474. The van der Waals surface area contributed by atoms with Crippen LogP contribution >= 0.6 is 11.3 Å². The first kappa shape index (κ1) is 14.4. The molecule has 0 spiro atoms. The summed E-state index contributed by atoms with van der Waals surface area (Å²) in [5.41, 5.74) is 1.62. The first-order chi connectivity index (χ1) is 10.8. The van der Waals surface area contributed by atoms with Gasteiger partial charge >= 0.3 is 0 Å². The van der Waals surface area contributed by atoms with E-state index in [-0.39, 0.29) is 0 Å². The van der Waals surface area contributed by atoms with Crippen molar-refractivity contribution in [2.24, 2.45) is 0 Å². The molecular weight excluding hydrogens is 290 g/mol. The lowest BCUT2D eigenvalue weighted by molar-refractivity contribution is 0.0431. The molecule has 1 N–H and O–H groups in total. The average molecular weight is 313 g/mol. The molecule has 1 aliphatic heterocycles. The summed E-state index contributed by atoms with van der Waals surface area (Å²) < 4.78 is 0. The summed E-state index contributed by atoms with van der Waals surface area (Å²) in [6.07, 6.45) is 5.67. The minimum absolute atomic E-state index is 0.488. The van der Waals surface area contributed by atoms with Gasteiger partial charge in [0.15, 0.2) is 0 Å². The van der Waals surface area contributed by atoms with Crippen LogP contribution in [0.5, 0.6) is 0 Å². The molecule has 2 heterocycles. The van der Waals surface area contributed by atoms with Crippen molar-refractivity contribution in [3.05, 3.63) is 57.8 Å². The fourth-order valence-corrected chi connectivity index (χ4v) is 5.03. The van der Waals surface area contributed by atoms with Gasteiger partial charge in [-0.15, -0.1) is 11.3 Å². The monoisotopic (exact) mass is 313 g/mol. The Kier molecular flexibility index (Phi) is 3.81. The Bertz CT molecular complexity index is 633. The van der Waals surface area contributed by atoms with Crippen LogP contribution in [0.1, 0.15) is 41.7 Å². The Morgan fingerprint density at radius 1 is 1.09 bits per heavy atom. The predicted octanol–water partition coefficient (Wildman–Crippen LogP) is 3.78. The van der Waals surface area contributed by atoms with Gasteiger partial charge < -0.3 is 10.0 Å². The Hall–Kier alpha value is -1.16. The lowest BCUT2D eigenvalue weighted by Gasteiger charge is -2.34. The number of likely N-dealkylation sites (tertiary alicyclic amines) is 1. The van der Waals surface area contributed by atoms with Gasteiger partial charge in [0, 0.05) is 17.3 Å². The number of aryl methyl sites for hydroxylation is 1. The van der Waals surface area contributed by atoms with Crippen molar-refractivity contribution < 1.29 is 5.11 Å². The minimum Gasteiger partial charge on any atom is -0.379 e. The number of rotatable bonds is 2. The molecule has 0 saturated carbocycles. The van der Waals surface area contributed by atoms with Crippen LogP contribution in [0, 0.1) is 0 Å². The minimum atomic E-state index is -0.825. The van der Waals surface area contributed by atoms with E-state index in [4.69, 9.17) is 0 Å². The smallest absolute Gasteiger partial charge is 0.125 e. The number of benzene rings is 1. The molecule has 2 nitrogen and oxygen atoms in total. The van der Waals surface area contributed by atoms with E-state index in [1.807, 2.05) is 0 Å². The lowest BCUT2D eigenvalue weighted by atomic mass is 9.85. The molecule has 1 aromatic heterocycles. The summed E-state index contributed by atoms with van der Waals surface area (Å²) >= 11 is 1.68. The van der Waals surface area contributed by atoms with Crippen LogP contribution in [0.4, 0.5) is 0 Å². The highest BCUT2D eigenvalue weighted by atomic mass is 32.1. The second kappa shape index (κ2) is 5.80. The van der Waals surface area contributed by atoms with Gasteiger partial charge in [0.25, 0.3) is 0 Å². The summed E-state index contributed by atoms with van der Waals surface area (Å²) in [7, 11) is 0. The number of hydrogen-bond acceptors (Lipinski definition) is 3. The van der Waals surface area contributed by atoms with Gasteiger partial charge in [-0.25, -0.2) is 0 Å². The standard InChI is InChI=1S/C19H23NOS/c21-19(18-8-5-13-22-18)14-16(20-11-3-4-12-20)10-9-15-6-1-2-7-17(15)19/h1-2,5-8,13,16,21H,3-4,9-12,14H2/t16-,19-/m1/s1. The van der Waals surface area contributed by atoms with Crippen molar-refractivity contribution >= 4 is 11.3 Å². The summed E-state index contributed by atoms with van der Waals surface area (Å²) in [5.74, 6) is 0. The largest absolute Gasteiger partial charge is 0.379 e. The Morgan fingerprint density at radius 3 is 2.68 bits per heavy atom. The molecule has 2 aromatic rings. The van der Waals surface area contributed by atoms with Crippen molar-refractivity contribution in [2.75, 3.05) is 13.1 Å². The molecule has 1 aliphatic carbocycles. The van der Waals surface area contributed by atoms with E-state index in [2.05, 4.69) is 46.7 Å². The normalized spacial score (nSPS) is 29.2. The molecular formula is C19H23NOS.